The summed E-state index contributed by atoms with van der Waals surface area (Å²) in [7, 11) is 0. The zero-order chi connectivity index (χ0) is 5.11. The molecular formula is C4H5O3. The van der Waals surface area contributed by atoms with Gasteiger partial charge in [0.2, 0.25) is 6.29 Å². The third-order valence-electron chi connectivity index (χ3n) is 0.788. The Labute approximate surface area is 41.1 Å². The molecule has 0 atom stereocenters. The van der Waals surface area contributed by atoms with Crippen molar-refractivity contribution >= 4 is 6.29 Å². The lowest BCUT2D eigenvalue weighted by Crippen LogP contribution is -2.02. The summed E-state index contributed by atoms with van der Waals surface area (Å²) in [6.07, 6.45) is 1.76. The van der Waals surface area contributed by atoms with Crippen LogP contribution in [0.1, 0.15) is 0 Å². The van der Waals surface area contributed by atoms with Crippen molar-refractivity contribution in [3.8, 4) is 0 Å². The molecule has 0 saturated carbocycles. The fourth-order valence-electron chi connectivity index (χ4n) is 0.377. The maximum Gasteiger partial charge on any atom is 0.206 e. The Bertz CT molecular complexity index is 65.3. The molecule has 7 heavy (non-hydrogen) atoms. The van der Waals surface area contributed by atoms with Crippen LogP contribution in [0.3, 0.4) is 0 Å². The third-order valence-corrected chi connectivity index (χ3v) is 0.788. The van der Waals surface area contributed by atoms with Crippen LogP contribution in [0.2, 0.25) is 0 Å². The summed E-state index contributed by atoms with van der Waals surface area (Å²) in [4.78, 5) is 18.5. The molecule has 0 amide bonds. The fraction of sp³-hybridized carbons (Fsp3) is 0.750. The van der Waals surface area contributed by atoms with Gasteiger partial charge in [0.25, 0.3) is 0 Å². The van der Waals surface area contributed by atoms with Crippen molar-refractivity contribution in [3.63, 3.8) is 0 Å². The Balaban J connectivity index is 2.26. The number of rotatable bonds is 1. The largest absolute Gasteiger partial charge is 0.290 e. The van der Waals surface area contributed by atoms with Gasteiger partial charge in [0.15, 0.2) is 0 Å². The minimum absolute atomic E-state index is 0.153. The zero-order valence-electron chi connectivity index (χ0n) is 3.72. The summed E-state index contributed by atoms with van der Waals surface area (Å²) in [6.45, 7) is 0.729. The van der Waals surface area contributed by atoms with E-state index in [1.165, 1.54) is 0 Å². The van der Waals surface area contributed by atoms with Crippen LogP contribution in [-0.4, -0.2) is 19.5 Å². The molecule has 1 aliphatic heterocycles. The summed E-state index contributed by atoms with van der Waals surface area (Å²) >= 11 is 0. The highest BCUT2D eigenvalue weighted by atomic mass is 17.2. The van der Waals surface area contributed by atoms with Crippen molar-refractivity contribution in [1.82, 2.24) is 0 Å². The smallest absolute Gasteiger partial charge is 0.206 e. The van der Waals surface area contributed by atoms with Crippen LogP contribution in [0.15, 0.2) is 0 Å². The predicted octanol–water partition coefficient (Wildman–Crippen LogP) is -0.326. The third kappa shape index (κ3) is 0.976. The number of hydrogen-bond donors (Lipinski definition) is 0. The van der Waals surface area contributed by atoms with Crippen LogP contribution in [0.5, 0.6) is 0 Å². The Morgan fingerprint density at radius 1 is 1.43 bits per heavy atom. The first-order valence-electron chi connectivity index (χ1n) is 2.05. The second kappa shape index (κ2) is 2.04. The van der Waals surface area contributed by atoms with Crippen molar-refractivity contribution in [1.29, 1.82) is 0 Å². The van der Waals surface area contributed by atoms with Gasteiger partial charge in [-0.25, -0.2) is 9.78 Å². The highest BCUT2D eigenvalue weighted by Crippen LogP contribution is 2.02. The van der Waals surface area contributed by atoms with E-state index in [0.717, 1.165) is 0 Å². The minimum atomic E-state index is -0.153. The molecule has 0 aromatic heterocycles. The summed E-state index contributed by atoms with van der Waals surface area (Å²) in [6, 6.07) is 0. The molecule has 1 aliphatic rings. The zero-order valence-corrected chi connectivity index (χ0v) is 3.72. The monoisotopic (exact) mass is 101 g/mol. The quantitative estimate of drug-likeness (QED) is 0.424. The molecule has 1 radical (unpaired) electrons. The summed E-state index contributed by atoms with van der Waals surface area (Å²) in [5, 5.41) is 0. The van der Waals surface area contributed by atoms with Gasteiger partial charge in [-0.3, -0.25) is 4.79 Å². The van der Waals surface area contributed by atoms with E-state index in [9.17, 15) is 4.79 Å². The average molecular weight is 101 g/mol. The molecule has 0 bridgehead atoms. The minimum Gasteiger partial charge on any atom is -0.290 e. The molecule has 0 N–H and O–H groups in total. The molecule has 3 heteroatoms. The van der Waals surface area contributed by atoms with Gasteiger partial charge in [-0.15, -0.1) is 0 Å². The molecule has 0 aromatic carbocycles. The van der Waals surface area contributed by atoms with Crippen molar-refractivity contribution in [2.45, 2.75) is 0 Å². The van der Waals surface area contributed by atoms with Gasteiger partial charge in [0.05, 0.1) is 19.1 Å². The Morgan fingerprint density at radius 2 is 2.00 bits per heavy atom. The van der Waals surface area contributed by atoms with E-state index in [1.807, 2.05) is 0 Å². The van der Waals surface area contributed by atoms with E-state index < -0.39 is 0 Å². The van der Waals surface area contributed by atoms with Crippen LogP contribution in [0.4, 0.5) is 0 Å². The van der Waals surface area contributed by atoms with E-state index >= 15 is 0 Å². The number of hydrogen-bond acceptors (Lipinski definition) is 3. The van der Waals surface area contributed by atoms with Crippen LogP contribution < -0.4 is 0 Å². The number of carbonyl (C=O) groups excluding carboxylic acids is 1. The van der Waals surface area contributed by atoms with Gasteiger partial charge in [0, 0.05) is 0 Å². The lowest BCUT2D eigenvalue weighted by molar-refractivity contribution is -0.248. The highest BCUT2D eigenvalue weighted by Gasteiger charge is 2.15. The molecule has 0 unspecified atom stereocenters. The molecule has 1 fully saturated rings. The first-order chi connectivity index (χ1) is 3.43. The van der Waals surface area contributed by atoms with Gasteiger partial charge < -0.3 is 0 Å². The van der Waals surface area contributed by atoms with Gasteiger partial charge in [-0.2, -0.15) is 0 Å². The van der Waals surface area contributed by atoms with E-state index in [4.69, 9.17) is 0 Å². The lowest BCUT2D eigenvalue weighted by atomic mass is 10.2. The van der Waals surface area contributed by atoms with Gasteiger partial charge >= 0.3 is 0 Å². The van der Waals surface area contributed by atoms with Gasteiger partial charge in [-0.05, 0) is 0 Å². The molecule has 1 heterocycles. The Hall–Kier alpha value is -0.410. The van der Waals surface area contributed by atoms with Gasteiger partial charge in [0.1, 0.15) is 0 Å². The van der Waals surface area contributed by atoms with E-state index in [2.05, 4.69) is 9.78 Å². The van der Waals surface area contributed by atoms with Crippen LogP contribution >= 0.6 is 0 Å². The second-order valence-electron chi connectivity index (χ2n) is 1.38. The molecule has 0 spiro atoms. The summed E-state index contributed by atoms with van der Waals surface area (Å²) < 4.78 is 0. The summed E-state index contributed by atoms with van der Waals surface area (Å²) in [5.74, 6) is -0.153. The summed E-state index contributed by atoms with van der Waals surface area (Å²) in [5.41, 5.74) is 0. The van der Waals surface area contributed by atoms with Crippen LogP contribution in [0, 0.1) is 5.92 Å². The lowest BCUT2D eigenvalue weighted by Gasteiger charge is -1.82. The first kappa shape index (κ1) is 4.74. The van der Waals surface area contributed by atoms with Crippen molar-refractivity contribution in [2.75, 3.05) is 13.2 Å². The molecule has 1 rings (SSSR count). The van der Waals surface area contributed by atoms with E-state index in [0.29, 0.717) is 13.2 Å². The topological polar surface area (TPSA) is 35.5 Å². The SMILES string of the molecule is O=[C]C1COOC1. The van der Waals surface area contributed by atoms with Gasteiger partial charge in [-0.1, -0.05) is 0 Å². The molecule has 3 nitrogen and oxygen atoms in total. The van der Waals surface area contributed by atoms with Crippen LogP contribution in [0.25, 0.3) is 0 Å². The maximum atomic E-state index is 9.72. The first-order valence-corrected chi connectivity index (χ1v) is 2.05. The maximum absolute atomic E-state index is 9.72. The Morgan fingerprint density at radius 3 is 2.29 bits per heavy atom. The molecule has 0 aromatic rings. The van der Waals surface area contributed by atoms with Crippen molar-refractivity contribution < 1.29 is 14.6 Å². The van der Waals surface area contributed by atoms with Crippen molar-refractivity contribution in [2.24, 2.45) is 5.92 Å². The molecule has 39 valence electrons. The fourth-order valence-corrected chi connectivity index (χ4v) is 0.377. The predicted molar refractivity (Wildman–Crippen MR) is 21.1 cm³/mol. The Kier molecular flexibility index (Phi) is 1.38. The van der Waals surface area contributed by atoms with E-state index in [1.54, 1.807) is 6.29 Å². The molecule has 0 aliphatic carbocycles. The second-order valence-corrected chi connectivity index (χ2v) is 1.38. The normalized spacial score (nSPS) is 22.9. The molecule has 1 saturated heterocycles. The van der Waals surface area contributed by atoms with Crippen LogP contribution in [-0.2, 0) is 14.6 Å². The molecular weight excluding hydrogens is 96.0 g/mol. The van der Waals surface area contributed by atoms with E-state index in [-0.39, 0.29) is 5.92 Å². The average Bonchev–Trinajstić information content (AvgIpc) is 2.14. The highest BCUT2D eigenvalue weighted by molar-refractivity contribution is 5.54. The van der Waals surface area contributed by atoms with Crippen molar-refractivity contribution in [3.05, 3.63) is 0 Å². The standard InChI is InChI=1S/C4H5O3/c5-1-4-2-6-7-3-4/h4H,2-3H2.